The van der Waals surface area contributed by atoms with Crippen LogP contribution in [0.1, 0.15) is 11.6 Å². The Morgan fingerprint density at radius 2 is 2.17 bits per heavy atom. The molecule has 0 saturated heterocycles. The van der Waals surface area contributed by atoms with Gasteiger partial charge in [0.05, 0.1) is 0 Å². The van der Waals surface area contributed by atoms with Crippen LogP contribution in [0.25, 0.3) is 0 Å². The van der Waals surface area contributed by atoms with E-state index in [1.165, 1.54) is 0 Å². The summed E-state index contributed by atoms with van der Waals surface area (Å²) >= 11 is 0. The summed E-state index contributed by atoms with van der Waals surface area (Å²) in [4.78, 5) is 11.1. The predicted molar refractivity (Wildman–Crippen MR) is 46.4 cm³/mol. The van der Waals surface area contributed by atoms with Gasteiger partial charge in [-0.2, -0.15) is 0 Å². The highest BCUT2D eigenvalue weighted by Crippen LogP contribution is 2.30. The lowest BCUT2D eigenvalue weighted by Gasteiger charge is -2.01. The van der Waals surface area contributed by atoms with Gasteiger partial charge in [-0.15, -0.1) is 0 Å². The van der Waals surface area contributed by atoms with Crippen molar-refractivity contribution < 1.29 is 4.79 Å². The van der Waals surface area contributed by atoms with Crippen molar-refractivity contribution in [2.24, 2.45) is 5.73 Å². The van der Waals surface area contributed by atoms with Gasteiger partial charge in [0.15, 0.2) is 0 Å². The van der Waals surface area contributed by atoms with Gasteiger partial charge in [0.2, 0.25) is 5.91 Å². The lowest BCUT2D eigenvalue weighted by Crippen LogP contribution is -2.19. The normalized spacial score (nSPS) is 20.4. The van der Waals surface area contributed by atoms with E-state index in [0.717, 1.165) is 11.3 Å². The minimum Gasteiger partial charge on any atom is -0.399 e. The molecule has 0 saturated carbocycles. The average molecular weight is 163 g/mol. The fourth-order valence-electron chi connectivity index (χ4n) is 1.30. The first kappa shape index (κ1) is 7.12. The number of carbonyl (C=O) groups is 1. The molecule has 1 aromatic rings. The van der Waals surface area contributed by atoms with Crippen molar-refractivity contribution >= 4 is 17.3 Å². The van der Waals surface area contributed by atoms with Crippen molar-refractivity contribution in [3.63, 3.8) is 0 Å². The summed E-state index contributed by atoms with van der Waals surface area (Å²) in [7, 11) is 0. The lowest BCUT2D eigenvalue weighted by molar-refractivity contribution is -0.116. The number of nitrogen functional groups attached to an aromatic ring is 1. The summed E-state index contributed by atoms with van der Waals surface area (Å²) < 4.78 is 0. The highest BCUT2D eigenvalue weighted by Gasteiger charge is 2.26. The van der Waals surface area contributed by atoms with Crippen LogP contribution in [0, 0.1) is 0 Å². The molecule has 5 N–H and O–H groups in total. The molecule has 62 valence electrons. The summed E-state index contributed by atoms with van der Waals surface area (Å²) in [6.07, 6.45) is 0. The van der Waals surface area contributed by atoms with Crippen molar-refractivity contribution in [1.29, 1.82) is 0 Å². The Balaban J connectivity index is 2.55. The fourth-order valence-corrected chi connectivity index (χ4v) is 1.30. The number of benzene rings is 1. The number of carbonyl (C=O) groups excluding carboxylic acids is 1. The summed E-state index contributed by atoms with van der Waals surface area (Å²) in [5.74, 6) is -0.171. The zero-order valence-corrected chi connectivity index (χ0v) is 6.37. The smallest absolute Gasteiger partial charge is 0.245 e. The number of anilines is 2. The third-order valence-electron chi connectivity index (χ3n) is 1.95. The van der Waals surface area contributed by atoms with E-state index in [1.807, 2.05) is 0 Å². The van der Waals surface area contributed by atoms with Crippen LogP contribution < -0.4 is 16.8 Å². The summed E-state index contributed by atoms with van der Waals surface area (Å²) in [5, 5.41) is 2.65. The maximum absolute atomic E-state index is 11.1. The molecule has 1 unspecified atom stereocenters. The zero-order chi connectivity index (χ0) is 8.72. The molecule has 0 aliphatic carbocycles. The number of nitrogens with one attached hydrogen (secondary N) is 1. The number of hydrogen-bond donors (Lipinski definition) is 3. The fraction of sp³-hybridized carbons (Fsp3) is 0.125. The zero-order valence-electron chi connectivity index (χ0n) is 6.37. The van der Waals surface area contributed by atoms with Gasteiger partial charge in [-0.3, -0.25) is 4.79 Å². The maximum atomic E-state index is 11.1. The first-order valence-corrected chi connectivity index (χ1v) is 3.64. The number of nitrogens with two attached hydrogens (primary N) is 2. The van der Waals surface area contributed by atoms with E-state index >= 15 is 0 Å². The Hall–Kier alpha value is -1.55. The van der Waals surface area contributed by atoms with Crippen LogP contribution >= 0.6 is 0 Å². The van der Waals surface area contributed by atoms with Gasteiger partial charge in [-0.05, 0) is 18.2 Å². The summed E-state index contributed by atoms with van der Waals surface area (Å²) in [5.41, 5.74) is 13.3. The van der Waals surface area contributed by atoms with E-state index in [9.17, 15) is 4.79 Å². The number of amides is 1. The molecule has 0 spiro atoms. The van der Waals surface area contributed by atoms with Crippen molar-refractivity contribution in [2.45, 2.75) is 6.04 Å². The van der Waals surface area contributed by atoms with Gasteiger partial charge in [0, 0.05) is 16.9 Å². The minimum absolute atomic E-state index is 0.171. The molecular formula is C8H9N3O. The van der Waals surface area contributed by atoms with Crippen LogP contribution in [0.2, 0.25) is 0 Å². The van der Waals surface area contributed by atoms with E-state index in [1.54, 1.807) is 18.2 Å². The highest BCUT2D eigenvalue weighted by atomic mass is 16.2. The van der Waals surface area contributed by atoms with Crippen LogP contribution in [-0.4, -0.2) is 5.91 Å². The van der Waals surface area contributed by atoms with Gasteiger partial charge >= 0.3 is 0 Å². The molecule has 0 bridgehead atoms. The molecule has 0 radical (unpaired) electrons. The largest absolute Gasteiger partial charge is 0.399 e. The van der Waals surface area contributed by atoms with E-state index in [4.69, 9.17) is 11.5 Å². The third-order valence-corrected chi connectivity index (χ3v) is 1.95. The van der Waals surface area contributed by atoms with Crippen molar-refractivity contribution in [1.82, 2.24) is 0 Å². The van der Waals surface area contributed by atoms with Crippen molar-refractivity contribution in [3.05, 3.63) is 23.8 Å². The van der Waals surface area contributed by atoms with Crippen LogP contribution in [-0.2, 0) is 4.79 Å². The standard InChI is InChI=1S/C8H9N3O/c9-4-1-2-6-5(3-4)7(10)8(12)11-6/h1-3,7H,9-10H2,(H,11,12). The molecule has 0 fully saturated rings. The Morgan fingerprint density at radius 3 is 2.92 bits per heavy atom. The minimum atomic E-state index is -0.566. The second-order valence-corrected chi connectivity index (χ2v) is 2.81. The van der Waals surface area contributed by atoms with E-state index in [2.05, 4.69) is 5.32 Å². The van der Waals surface area contributed by atoms with Crippen LogP contribution in [0.15, 0.2) is 18.2 Å². The summed E-state index contributed by atoms with van der Waals surface area (Å²) in [6.45, 7) is 0. The molecule has 1 aliphatic heterocycles. The Kier molecular flexibility index (Phi) is 1.31. The molecule has 1 aromatic carbocycles. The van der Waals surface area contributed by atoms with E-state index in [-0.39, 0.29) is 5.91 Å². The van der Waals surface area contributed by atoms with E-state index in [0.29, 0.717) is 5.69 Å². The SMILES string of the molecule is Nc1ccc2c(c1)C(N)C(=O)N2. The first-order chi connectivity index (χ1) is 5.68. The predicted octanol–water partition coefficient (Wildman–Crippen LogP) is 0.221. The van der Waals surface area contributed by atoms with Gasteiger partial charge in [-0.1, -0.05) is 0 Å². The van der Waals surface area contributed by atoms with Gasteiger partial charge in [-0.25, -0.2) is 0 Å². The van der Waals surface area contributed by atoms with Gasteiger partial charge < -0.3 is 16.8 Å². The Labute approximate surface area is 69.5 Å². The second-order valence-electron chi connectivity index (χ2n) is 2.81. The van der Waals surface area contributed by atoms with Crippen LogP contribution in [0.5, 0.6) is 0 Å². The Morgan fingerprint density at radius 1 is 1.42 bits per heavy atom. The first-order valence-electron chi connectivity index (χ1n) is 3.64. The molecular weight excluding hydrogens is 154 g/mol. The molecule has 4 nitrogen and oxygen atoms in total. The summed E-state index contributed by atoms with van der Waals surface area (Å²) in [6, 6.07) is 4.65. The Bertz CT molecular complexity index is 348. The molecule has 1 aliphatic rings. The molecule has 0 aromatic heterocycles. The van der Waals surface area contributed by atoms with Crippen molar-refractivity contribution in [2.75, 3.05) is 11.1 Å². The molecule has 2 rings (SSSR count). The van der Waals surface area contributed by atoms with Crippen LogP contribution in [0.4, 0.5) is 11.4 Å². The van der Waals surface area contributed by atoms with Gasteiger partial charge in [0.25, 0.3) is 0 Å². The number of hydrogen-bond acceptors (Lipinski definition) is 3. The van der Waals surface area contributed by atoms with Crippen LogP contribution in [0.3, 0.4) is 0 Å². The third kappa shape index (κ3) is 0.853. The topological polar surface area (TPSA) is 81.1 Å². The maximum Gasteiger partial charge on any atom is 0.245 e. The number of rotatable bonds is 0. The monoisotopic (exact) mass is 163 g/mol. The molecule has 1 heterocycles. The number of fused-ring (bicyclic) bond motifs is 1. The molecule has 12 heavy (non-hydrogen) atoms. The average Bonchev–Trinajstić information content (AvgIpc) is 2.31. The quantitative estimate of drug-likeness (QED) is 0.478. The highest BCUT2D eigenvalue weighted by molar-refractivity contribution is 6.02. The lowest BCUT2D eigenvalue weighted by atomic mass is 10.1. The molecule has 1 atom stereocenters. The van der Waals surface area contributed by atoms with E-state index < -0.39 is 6.04 Å². The molecule has 4 heteroatoms. The second kappa shape index (κ2) is 2.22. The van der Waals surface area contributed by atoms with Gasteiger partial charge in [0.1, 0.15) is 6.04 Å². The molecule has 1 amide bonds. The van der Waals surface area contributed by atoms with Crippen molar-refractivity contribution in [3.8, 4) is 0 Å².